The van der Waals surface area contributed by atoms with Gasteiger partial charge in [0, 0.05) is 32.8 Å². The predicted molar refractivity (Wildman–Crippen MR) is 103 cm³/mol. The quantitative estimate of drug-likeness (QED) is 0.469. The van der Waals surface area contributed by atoms with Crippen molar-refractivity contribution < 1.29 is 9.53 Å². The molecule has 2 heterocycles. The van der Waals surface area contributed by atoms with Crippen molar-refractivity contribution in [1.82, 2.24) is 14.8 Å². The van der Waals surface area contributed by atoms with Crippen LogP contribution in [0.15, 0.2) is 23.2 Å². The molecule has 0 fully saturated rings. The molecule has 138 valence electrons. The Morgan fingerprint density at radius 1 is 1.42 bits per heavy atom. The number of carbonyl (C=O) groups is 1. The van der Waals surface area contributed by atoms with Crippen LogP contribution >= 0.6 is 0 Å². The van der Waals surface area contributed by atoms with Crippen molar-refractivity contribution in [2.75, 3.05) is 27.2 Å². The van der Waals surface area contributed by atoms with Gasteiger partial charge in [-0.2, -0.15) is 0 Å². The number of amides is 1. The van der Waals surface area contributed by atoms with Gasteiger partial charge in [0.1, 0.15) is 5.60 Å². The highest BCUT2D eigenvalue weighted by atomic mass is 16.6. The highest BCUT2D eigenvalue weighted by Crippen LogP contribution is 2.30. The molecular weight excluding hydrogens is 330 g/mol. The number of rotatable bonds is 3. The SMILES string of the molecule is [C-]#[N+]c1nc(C2=CCN(C(=O)OC(C)(C)C)CC2)ccc1N=CN(C)C. The maximum Gasteiger partial charge on any atom is 0.410 e. The van der Waals surface area contributed by atoms with Crippen molar-refractivity contribution in [2.45, 2.75) is 32.8 Å². The fourth-order valence-electron chi connectivity index (χ4n) is 2.37. The molecule has 0 saturated carbocycles. The zero-order valence-corrected chi connectivity index (χ0v) is 16.0. The summed E-state index contributed by atoms with van der Waals surface area (Å²) in [5.74, 6) is 0.274. The number of hydrogen-bond donors (Lipinski definition) is 0. The van der Waals surface area contributed by atoms with E-state index in [1.807, 2.05) is 47.0 Å². The molecule has 7 nitrogen and oxygen atoms in total. The van der Waals surface area contributed by atoms with Gasteiger partial charge >= 0.3 is 6.09 Å². The predicted octanol–water partition coefficient (Wildman–Crippen LogP) is 3.88. The first-order valence-electron chi connectivity index (χ1n) is 8.46. The van der Waals surface area contributed by atoms with Gasteiger partial charge in [-0.3, -0.25) is 0 Å². The maximum absolute atomic E-state index is 12.1. The molecule has 1 amide bonds. The summed E-state index contributed by atoms with van der Waals surface area (Å²) >= 11 is 0. The average Bonchev–Trinajstić information content (AvgIpc) is 2.58. The molecule has 0 bridgehead atoms. The molecule has 0 atom stereocenters. The van der Waals surface area contributed by atoms with Gasteiger partial charge in [-0.1, -0.05) is 12.6 Å². The Hall–Kier alpha value is -2.88. The van der Waals surface area contributed by atoms with E-state index < -0.39 is 5.60 Å². The van der Waals surface area contributed by atoms with E-state index in [2.05, 4.69) is 14.8 Å². The highest BCUT2D eigenvalue weighted by Gasteiger charge is 2.25. The summed E-state index contributed by atoms with van der Waals surface area (Å²) in [7, 11) is 3.73. The number of aromatic nitrogens is 1. The van der Waals surface area contributed by atoms with Crippen molar-refractivity contribution in [3.05, 3.63) is 35.3 Å². The van der Waals surface area contributed by atoms with Gasteiger partial charge in [-0.25, -0.2) is 9.79 Å². The molecular formula is C19H25N5O2. The number of carbonyl (C=O) groups excluding carboxylic acids is 1. The molecule has 0 spiro atoms. The maximum atomic E-state index is 12.1. The Labute approximate surface area is 154 Å². The minimum Gasteiger partial charge on any atom is -0.444 e. The smallest absolute Gasteiger partial charge is 0.410 e. The monoisotopic (exact) mass is 355 g/mol. The van der Waals surface area contributed by atoms with E-state index in [9.17, 15) is 4.79 Å². The average molecular weight is 355 g/mol. The van der Waals surface area contributed by atoms with Crippen molar-refractivity contribution in [3.63, 3.8) is 0 Å². The van der Waals surface area contributed by atoms with Gasteiger partial charge in [0.2, 0.25) is 0 Å². The number of aliphatic imine (C=N–C) groups is 1. The third-order valence-corrected chi connectivity index (χ3v) is 3.58. The topological polar surface area (TPSA) is 62.4 Å². The van der Waals surface area contributed by atoms with Crippen LogP contribution < -0.4 is 0 Å². The van der Waals surface area contributed by atoms with Gasteiger partial charge in [-0.15, -0.1) is 4.98 Å². The molecule has 1 aliphatic rings. The Balaban J connectivity index is 2.13. The van der Waals surface area contributed by atoms with Gasteiger partial charge < -0.3 is 19.4 Å². The first-order chi connectivity index (χ1) is 12.2. The third kappa shape index (κ3) is 5.31. The Morgan fingerprint density at radius 2 is 2.15 bits per heavy atom. The number of ether oxygens (including phenoxy) is 1. The lowest BCUT2D eigenvalue weighted by Crippen LogP contribution is -2.39. The standard InChI is InChI=1S/C19H25N5O2/c1-19(2,3)26-18(25)24-11-9-14(10-12-24)15-7-8-16(17(20-4)22-15)21-13-23(5)6/h7-9,13H,10-12H2,1-3,5-6H3. The fraction of sp³-hybridized carbons (Fsp3) is 0.474. The Bertz CT molecular complexity index is 769. The van der Waals surface area contributed by atoms with Crippen LogP contribution in [-0.4, -0.2) is 60.0 Å². The van der Waals surface area contributed by atoms with Crippen LogP contribution in [0.2, 0.25) is 0 Å². The molecule has 0 N–H and O–H groups in total. The first-order valence-corrected chi connectivity index (χ1v) is 8.46. The minimum absolute atomic E-state index is 0.274. The molecule has 1 aliphatic heterocycles. The largest absolute Gasteiger partial charge is 0.444 e. The zero-order valence-electron chi connectivity index (χ0n) is 16.0. The van der Waals surface area contributed by atoms with E-state index in [4.69, 9.17) is 11.3 Å². The third-order valence-electron chi connectivity index (χ3n) is 3.58. The zero-order chi connectivity index (χ0) is 19.3. The van der Waals surface area contributed by atoms with E-state index in [0.717, 1.165) is 11.3 Å². The second-order valence-electron chi connectivity index (χ2n) is 7.26. The lowest BCUT2D eigenvalue weighted by molar-refractivity contribution is 0.0270. The minimum atomic E-state index is -0.504. The van der Waals surface area contributed by atoms with E-state index in [1.54, 1.807) is 22.2 Å². The first kappa shape index (κ1) is 19.4. The van der Waals surface area contributed by atoms with E-state index in [1.165, 1.54) is 0 Å². The summed E-state index contributed by atoms with van der Waals surface area (Å²) in [5, 5.41) is 0. The van der Waals surface area contributed by atoms with E-state index in [-0.39, 0.29) is 11.9 Å². The van der Waals surface area contributed by atoms with Crippen LogP contribution in [0.25, 0.3) is 10.4 Å². The van der Waals surface area contributed by atoms with Gasteiger partial charge in [0.25, 0.3) is 5.82 Å². The Morgan fingerprint density at radius 3 is 2.69 bits per heavy atom. The molecule has 0 unspecified atom stereocenters. The molecule has 0 radical (unpaired) electrons. The van der Waals surface area contributed by atoms with Crippen LogP contribution in [0.4, 0.5) is 16.3 Å². The van der Waals surface area contributed by atoms with E-state index >= 15 is 0 Å². The lowest BCUT2D eigenvalue weighted by atomic mass is 10.0. The summed E-state index contributed by atoms with van der Waals surface area (Å²) in [5.41, 5.74) is 1.82. The van der Waals surface area contributed by atoms with Crippen LogP contribution in [0, 0.1) is 6.57 Å². The molecule has 0 aromatic carbocycles. The number of nitrogens with zero attached hydrogens (tertiary/aromatic N) is 5. The second-order valence-corrected chi connectivity index (χ2v) is 7.26. The normalized spacial score (nSPS) is 14.8. The molecule has 0 saturated heterocycles. The summed E-state index contributed by atoms with van der Waals surface area (Å²) in [6, 6.07) is 3.67. The molecule has 1 aromatic heterocycles. The molecule has 26 heavy (non-hydrogen) atoms. The summed E-state index contributed by atoms with van der Waals surface area (Å²) in [6.45, 7) is 13.9. The summed E-state index contributed by atoms with van der Waals surface area (Å²) in [4.78, 5) is 27.8. The van der Waals surface area contributed by atoms with Crippen LogP contribution in [0.3, 0.4) is 0 Å². The molecule has 0 aliphatic carbocycles. The molecule has 1 aromatic rings. The number of pyridine rings is 1. The van der Waals surface area contributed by atoms with Crippen molar-refractivity contribution in [2.24, 2.45) is 4.99 Å². The van der Waals surface area contributed by atoms with Gasteiger partial charge in [0.15, 0.2) is 5.69 Å². The molecule has 2 rings (SSSR count). The molecule has 7 heteroatoms. The van der Waals surface area contributed by atoms with E-state index in [0.29, 0.717) is 25.2 Å². The highest BCUT2D eigenvalue weighted by molar-refractivity contribution is 5.75. The lowest BCUT2D eigenvalue weighted by Gasteiger charge is -2.29. The Kier molecular flexibility index (Phi) is 5.98. The van der Waals surface area contributed by atoms with Crippen molar-refractivity contribution >= 4 is 29.5 Å². The van der Waals surface area contributed by atoms with Crippen molar-refractivity contribution in [1.29, 1.82) is 0 Å². The van der Waals surface area contributed by atoms with Crippen molar-refractivity contribution in [3.8, 4) is 0 Å². The summed E-state index contributed by atoms with van der Waals surface area (Å²) < 4.78 is 5.40. The van der Waals surface area contributed by atoms with Gasteiger partial charge in [-0.05, 0) is 39.3 Å². The summed E-state index contributed by atoms with van der Waals surface area (Å²) in [6.07, 6.45) is 3.97. The number of hydrogen-bond acceptors (Lipinski definition) is 4. The van der Waals surface area contributed by atoms with Crippen LogP contribution in [-0.2, 0) is 4.74 Å². The fourth-order valence-corrected chi connectivity index (χ4v) is 2.37. The van der Waals surface area contributed by atoms with Crippen LogP contribution in [0.1, 0.15) is 32.9 Å². The second kappa shape index (κ2) is 8.00. The van der Waals surface area contributed by atoms with Crippen LogP contribution in [0.5, 0.6) is 0 Å². The van der Waals surface area contributed by atoms with Gasteiger partial charge in [0.05, 0.1) is 12.0 Å².